The zero-order valence-corrected chi connectivity index (χ0v) is 14.9. The number of aromatic nitrogens is 3. The Kier molecular flexibility index (Phi) is 4.55. The van der Waals surface area contributed by atoms with E-state index in [2.05, 4.69) is 16.9 Å². The van der Waals surface area contributed by atoms with E-state index in [-0.39, 0.29) is 5.91 Å². The van der Waals surface area contributed by atoms with Crippen LogP contribution in [-0.4, -0.2) is 52.0 Å². The van der Waals surface area contributed by atoms with E-state index in [9.17, 15) is 4.79 Å². The first kappa shape index (κ1) is 16.5. The molecular formula is C18H25N5O. The molecule has 2 aromatic rings. The number of rotatable bonds is 3. The average Bonchev–Trinajstić information content (AvgIpc) is 2.96. The average molecular weight is 327 g/mol. The minimum Gasteiger partial charge on any atom is -0.347 e. The third-order valence-corrected chi connectivity index (χ3v) is 4.66. The Morgan fingerprint density at radius 3 is 2.54 bits per heavy atom. The third kappa shape index (κ3) is 3.13. The summed E-state index contributed by atoms with van der Waals surface area (Å²) in [5, 5.41) is 0. The van der Waals surface area contributed by atoms with Gasteiger partial charge in [0.05, 0.1) is 0 Å². The maximum absolute atomic E-state index is 12.9. The van der Waals surface area contributed by atoms with Crippen LogP contribution in [0.15, 0.2) is 24.7 Å². The van der Waals surface area contributed by atoms with Crippen LogP contribution in [0.25, 0.3) is 11.1 Å². The van der Waals surface area contributed by atoms with E-state index in [0.29, 0.717) is 12.0 Å². The molecule has 0 N–H and O–H groups in total. The number of carbonyl (C=O) groups excluding carboxylic acids is 1. The Balaban J connectivity index is 1.85. The van der Waals surface area contributed by atoms with E-state index in [4.69, 9.17) is 0 Å². The molecule has 1 amide bonds. The molecule has 1 aliphatic rings. The van der Waals surface area contributed by atoms with E-state index in [1.165, 1.54) is 6.42 Å². The van der Waals surface area contributed by atoms with E-state index in [1.54, 1.807) is 12.4 Å². The fraction of sp³-hybridized carbons (Fsp3) is 0.500. The number of piperidine rings is 1. The van der Waals surface area contributed by atoms with Gasteiger partial charge in [0.15, 0.2) is 0 Å². The Bertz CT molecular complexity index is 720. The molecule has 0 radical (unpaired) electrons. The van der Waals surface area contributed by atoms with Crippen LogP contribution in [0.2, 0.25) is 0 Å². The van der Waals surface area contributed by atoms with E-state index < -0.39 is 0 Å². The van der Waals surface area contributed by atoms with Crippen molar-refractivity contribution in [2.24, 2.45) is 7.05 Å². The van der Waals surface area contributed by atoms with Gasteiger partial charge in [0, 0.05) is 63.4 Å². The van der Waals surface area contributed by atoms with E-state index in [1.807, 2.05) is 47.8 Å². The van der Waals surface area contributed by atoms with Crippen molar-refractivity contribution in [2.75, 3.05) is 25.5 Å². The van der Waals surface area contributed by atoms with Crippen LogP contribution in [0.1, 0.15) is 36.7 Å². The fourth-order valence-corrected chi connectivity index (χ4v) is 3.18. The number of aryl methyl sites for hydroxylation is 1. The molecular weight excluding hydrogens is 302 g/mol. The van der Waals surface area contributed by atoms with Crippen LogP contribution >= 0.6 is 0 Å². The summed E-state index contributed by atoms with van der Waals surface area (Å²) in [4.78, 5) is 25.4. The second-order valence-electron chi connectivity index (χ2n) is 6.73. The van der Waals surface area contributed by atoms with Gasteiger partial charge in [0.1, 0.15) is 5.69 Å². The van der Waals surface area contributed by atoms with Gasteiger partial charge < -0.3 is 14.4 Å². The van der Waals surface area contributed by atoms with Gasteiger partial charge >= 0.3 is 0 Å². The molecule has 6 nitrogen and oxygen atoms in total. The lowest BCUT2D eigenvalue weighted by atomic mass is 10.0. The predicted molar refractivity (Wildman–Crippen MR) is 95.1 cm³/mol. The Hall–Kier alpha value is -2.37. The molecule has 1 saturated heterocycles. The minimum atomic E-state index is 0.113. The molecule has 0 saturated carbocycles. The molecule has 1 atom stereocenters. The first-order valence-corrected chi connectivity index (χ1v) is 8.44. The smallest absolute Gasteiger partial charge is 0.270 e. The summed E-state index contributed by atoms with van der Waals surface area (Å²) in [6.45, 7) is 2.98. The first-order valence-electron chi connectivity index (χ1n) is 8.44. The monoisotopic (exact) mass is 327 g/mol. The van der Waals surface area contributed by atoms with Crippen molar-refractivity contribution in [2.45, 2.75) is 32.2 Å². The maximum Gasteiger partial charge on any atom is 0.270 e. The van der Waals surface area contributed by atoms with Gasteiger partial charge in [-0.1, -0.05) is 0 Å². The van der Waals surface area contributed by atoms with Gasteiger partial charge in [0.25, 0.3) is 5.91 Å². The van der Waals surface area contributed by atoms with Gasteiger partial charge in [-0.3, -0.25) is 4.79 Å². The predicted octanol–water partition coefficient (Wildman–Crippen LogP) is 2.56. The molecule has 1 unspecified atom stereocenters. The molecule has 3 heterocycles. The molecule has 1 fully saturated rings. The number of anilines is 1. The number of likely N-dealkylation sites (tertiary alicyclic amines) is 1. The molecule has 0 bridgehead atoms. The lowest BCUT2D eigenvalue weighted by Crippen LogP contribution is -2.42. The van der Waals surface area contributed by atoms with Crippen LogP contribution in [0.3, 0.4) is 0 Å². The molecule has 0 aliphatic carbocycles. The quantitative estimate of drug-likeness (QED) is 0.869. The number of hydrogen-bond acceptors (Lipinski definition) is 4. The second kappa shape index (κ2) is 6.63. The first-order chi connectivity index (χ1) is 11.5. The van der Waals surface area contributed by atoms with Gasteiger partial charge in [-0.15, -0.1) is 0 Å². The van der Waals surface area contributed by atoms with Crippen molar-refractivity contribution in [1.82, 2.24) is 19.4 Å². The lowest BCUT2D eigenvalue weighted by Gasteiger charge is -2.33. The van der Waals surface area contributed by atoms with Gasteiger partial charge in [0.2, 0.25) is 5.95 Å². The van der Waals surface area contributed by atoms with Crippen molar-refractivity contribution in [3.63, 3.8) is 0 Å². The van der Waals surface area contributed by atoms with Crippen LogP contribution in [0.5, 0.6) is 0 Å². The molecule has 2 aromatic heterocycles. The topological polar surface area (TPSA) is 54.3 Å². The molecule has 0 spiro atoms. The van der Waals surface area contributed by atoms with Gasteiger partial charge in [-0.2, -0.15) is 0 Å². The summed E-state index contributed by atoms with van der Waals surface area (Å²) >= 11 is 0. The summed E-state index contributed by atoms with van der Waals surface area (Å²) in [7, 11) is 5.74. The summed E-state index contributed by atoms with van der Waals surface area (Å²) in [5.74, 6) is 0.787. The lowest BCUT2D eigenvalue weighted by molar-refractivity contribution is 0.0626. The highest BCUT2D eigenvalue weighted by Crippen LogP contribution is 2.24. The normalized spacial score (nSPS) is 17.8. The summed E-state index contributed by atoms with van der Waals surface area (Å²) in [5.41, 5.74) is 2.60. The molecule has 128 valence electrons. The van der Waals surface area contributed by atoms with Crippen molar-refractivity contribution in [1.29, 1.82) is 0 Å². The van der Waals surface area contributed by atoms with Crippen molar-refractivity contribution in [3.8, 4) is 11.1 Å². The number of amides is 1. The Labute approximate surface area is 143 Å². The Morgan fingerprint density at radius 2 is 1.92 bits per heavy atom. The molecule has 6 heteroatoms. The summed E-state index contributed by atoms with van der Waals surface area (Å²) < 4.78 is 1.90. The standard InChI is InChI=1S/C18H25N5O/c1-13-7-5-6-8-23(13)17(24)16-9-14(12-22(16)4)15-10-19-18(20-11-15)21(2)3/h9-13H,5-8H2,1-4H3. The van der Waals surface area contributed by atoms with Crippen molar-refractivity contribution in [3.05, 3.63) is 30.4 Å². The van der Waals surface area contributed by atoms with Crippen molar-refractivity contribution >= 4 is 11.9 Å². The van der Waals surface area contributed by atoms with Crippen LogP contribution in [0, 0.1) is 0 Å². The van der Waals surface area contributed by atoms with Crippen molar-refractivity contribution < 1.29 is 4.79 Å². The number of nitrogens with zero attached hydrogens (tertiary/aromatic N) is 5. The van der Waals surface area contributed by atoms with Gasteiger partial charge in [-0.25, -0.2) is 9.97 Å². The van der Waals surface area contributed by atoms with Gasteiger partial charge in [-0.05, 0) is 32.3 Å². The molecule has 0 aromatic carbocycles. The highest BCUT2D eigenvalue weighted by molar-refractivity contribution is 5.94. The molecule has 3 rings (SSSR count). The largest absolute Gasteiger partial charge is 0.347 e. The Morgan fingerprint density at radius 1 is 1.21 bits per heavy atom. The number of carbonyl (C=O) groups is 1. The SMILES string of the molecule is CC1CCCCN1C(=O)c1cc(-c2cnc(N(C)C)nc2)cn1C. The van der Waals surface area contributed by atoms with Crippen LogP contribution in [0.4, 0.5) is 5.95 Å². The minimum absolute atomic E-state index is 0.113. The van der Waals surface area contributed by atoms with Crippen LogP contribution < -0.4 is 4.90 Å². The highest BCUT2D eigenvalue weighted by Gasteiger charge is 2.26. The maximum atomic E-state index is 12.9. The number of hydrogen-bond donors (Lipinski definition) is 0. The third-order valence-electron chi connectivity index (χ3n) is 4.66. The highest BCUT2D eigenvalue weighted by atomic mass is 16.2. The fourth-order valence-electron chi connectivity index (χ4n) is 3.18. The summed E-state index contributed by atoms with van der Waals surface area (Å²) in [6.07, 6.45) is 8.95. The zero-order chi connectivity index (χ0) is 17.3. The molecule has 24 heavy (non-hydrogen) atoms. The van der Waals surface area contributed by atoms with E-state index in [0.717, 1.165) is 36.2 Å². The second-order valence-corrected chi connectivity index (χ2v) is 6.73. The molecule has 1 aliphatic heterocycles. The zero-order valence-electron chi connectivity index (χ0n) is 14.9. The van der Waals surface area contributed by atoms with E-state index >= 15 is 0 Å². The van der Waals surface area contributed by atoms with Crippen LogP contribution in [-0.2, 0) is 7.05 Å². The summed E-state index contributed by atoms with van der Waals surface area (Å²) in [6, 6.07) is 2.25.